The summed E-state index contributed by atoms with van der Waals surface area (Å²) < 4.78 is 10.6. The van der Waals surface area contributed by atoms with Crippen molar-refractivity contribution >= 4 is 11.5 Å². The molecule has 0 aliphatic carbocycles. The van der Waals surface area contributed by atoms with Gasteiger partial charge in [-0.25, -0.2) is 0 Å². The molecule has 0 saturated heterocycles. The highest BCUT2D eigenvalue weighted by molar-refractivity contribution is 5.69. The molecule has 0 spiro atoms. The fraction of sp³-hybridized carbons (Fsp3) is 0.438. The summed E-state index contributed by atoms with van der Waals surface area (Å²) in [5.74, 6) is 0.703. The number of rotatable bonds is 6. The Balaban J connectivity index is 2.05. The molecule has 0 fully saturated rings. The van der Waals surface area contributed by atoms with Crippen molar-refractivity contribution < 1.29 is 19.4 Å². The monoisotopic (exact) mass is 291 g/mol. The molecular formula is C16H21NO4. The van der Waals surface area contributed by atoms with E-state index in [1.54, 1.807) is 14.2 Å². The van der Waals surface area contributed by atoms with E-state index in [1.807, 2.05) is 18.2 Å². The number of hydrogen-bond donors (Lipinski definition) is 1. The Morgan fingerprint density at radius 3 is 2.62 bits per heavy atom. The smallest absolute Gasteiger partial charge is 0.304 e. The molecule has 0 bridgehead atoms. The molecule has 0 radical (unpaired) electrons. The molecule has 0 saturated carbocycles. The predicted octanol–water partition coefficient (Wildman–Crippen LogP) is 2.27. The largest absolute Gasteiger partial charge is 0.493 e. The van der Waals surface area contributed by atoms with E-state index in [1.165, 1.54) is 5.57 Å². The summed E-state index contributed by atoms with van der Waals surface area (Å²) in [6, 6.07) is 5.92. The molecule has 114 valence electrons. The predicted molar refractivity (Wildman–Crippen MR) is 80.8 cm³/mol. The Morgan fingerprint density at radius 2 is 2.05 bits per heavy atom. The standard InChI is InChI=1S/C16H21NO4/c1-20-14-4-3-13(11-15(14)21-2)12-5-8-17(9-6-12)10-7-16(18)19/h3-5,11H,6-10H2,1-2H3,(H,18,19). The Morgan fingerprint density at radius 1 is 1.29 bits per heavy atom. The highest BCUT2D eigenvalue weighted by atomic mass is 16.5. The van der Waals surface area contributed by atoms with E-state index in [0.29, 0.717) is 6.54 Å². The van der Waals surface area contributed by atoms with Gasteiger partial charge in [-0.2, -0.15) is 0 Å². The lowest BCUT2D eigenvalue weighted by atomic mass is 9.99. The third-order valence-corrected chi connectivity index (χ3v) is 3.69. The SMILES string of the molecule is COc1ccc(C2=CCN(CCC(=O)O)CC2)cc1OC. The number of carboxylic acid groups (broad SMARTS) is 1. The molecule has 0 atom stereocenters. The third kappa shape index (κ3) is 3.98. The summed E-state index contributed by atoms with van der Waals surface area (Å²) >= 11 is 0. The minimum absolute atomic E-state index is 0.194. The molecule has 1 N–H and O–H groups in total. The van der Waals surface area contributed by atoms with Gasteiger partial charge in [0.25, 0.3) is 0 Å². The molecule has 21 heavy (non-hydrogen) atoms. The molecule has 1 heterocycles. The van der Waals surface area contributed by atoms with E-state index in [0.717, 1.165) is 36.6 Å². The van der Waals surface area contributed by atoms with Crippen LogP contribution >= 0.6 is 0 Å². The second-order valence-corrected chi connectivity index (χ2v) is 4.99. The van der Waals surface area contributed by atoms with Crippen LogP contribution in [-0.4, -0.2) is 49.8 Å². The summed E-state index contributed by atoms with van der Waals surface area (Å²) in [5, 5.41) is 8.71. The lowest BCUT2D eigenvalue weighted by Gasteiger charge is -2.26. The van der Waals surface area contributed by atoms with Crippen LogP contribution in [0.5, 0.6) is 11.5 Å². The van der Waals surface area contributed by atoms with Crippen molar-refractivity contribution in [3.05, 3.63) is 29.8 Å². The van der Waals surface area contributed by atoms with Gasteiger partial charge in [-0.3, -0.25) is 9.69 Å². The summed E-state index contributed by atoms with van der Waals surface area (Å²) in [7, 11) is 3.25. The zero-order valence-corrected chi connectivity index (χ0v) is 12.5. The zero-order chi connectivity index (χ0) is 15.2. The summed E-state index contributed by atoms with van der Waals surface area (Å²) in [5.41, 5.74) is 2.40. The van der Waals surface area contributed by atoms with Gasteiger partial charge in [0.05, 0.1) is 20.6 Å². The lowest BCUT2D eigenvalue weighted by molar-refractivity contribution is -0.137. The Bertz CT molecular complexity index is 539. The fourth-order valence-electron chi connectivity index (χ4n) is 2.47. The van der Waals surface area contributed by atoms with Crippen LogP contribution in [0.15, 0.2) is 24.3 Å². The van der Waals surface area contributed by atoms with Gasteiger partial charge in [0, 0.05) is 19.6 Å². The molecule has 1 aliphatic heterocycles. The number of hydrogen-bond acceptors (Lipinski definition) is 4. The van der Waals surface area contributed by atoms with Crippen molar-refractivity contribution in [3.63, 3.8) is 0 Å². The minimum Gasteiger partial charge on any atom is -0.493 e. The van der Waals surface area contributed by atoms with Crippen LogP contribution in [0.1, 0.15) is 18.4 Å². The number of carbonyl (C=O) groups is 1. The van der Waals surface area contributed by atoms with E-state index in [4.69, 9.17) is 14.6 Å². The fourth-order valence-corrected chi connectivity index (χ4v) is 2.47. The van der Waals surface area contributed by atoms with Crippen LogP contribution < -0.4 is 9.47 Å². The maximum Gasteiger partial charge on any atom is 0.304 e. The molecule has 1 aromatic carbocycles. The number of aliphatic carboxylic acids is 1. The van der Waals surface area contributed by atoms with E-state index < -0.39 is 5.97 Å². The first-order valence-electron chi connectivity index (χ1n) is 6.99. The first-order chi connectivity index (χ1) is 10.1. The first-order valence-corrected chi connectivity index (χ1v) is 6.99. The number of benzene rings is 1. The van der Waals surface area contributed by atoms with E-state index in [2.05, 4.69) is 11.0 Å². The van der Waals surface area contributed by atoms with Crippen LogP contribution in [0.3, 0.4) is 0 Å². The second kappa shape index (κ2) is 7.13. The molecule has 5 nitrogen and oxygen atoms in total. The van der Waals surface area contributed by atoms with Crippen molar-refractivity contribution in [1.29, 1.82) is 0 Å². The van der Waals surface area contributed by atoms with E-state index in [9.17, 15) is 4.79 Å². The highest BCUT2D eigenvalue weighted by Crippen LogP contribution is 2.32. The second-order valence-electron chi connectivity index (χ2n) is 4.99. The van der Waals surface area contributed by atoms with Gasteiger partial charge in [-0.05, 0) is 29.7 Å². The molecule has 5 heteroatoms. The third-order valence-electron chi connectivity index (χ3n) is 3.69. The maximum atomic E-state index is 10.6. The van der Waals surface area contributed by atoms with Gasteiger partial charge in [-0.15, -0.1) is 0 Å². The van der Waals surface area contributed by atoms with Crippen LogP contribution in [0.2, 0.25) is 0 Å². The minimum atomic E-state index is -0.746. The molecule has 1 aliphatic rings. The van der Waals surface area contributed by atoms with Crippen molar-refractivity contribution in [1.82, 2.24) is 4.90 Å². The number of methoxy groups -OCH3 is 2. The van der Waals surface area contributed by atoms with Crippen LogP contribution in [0.25, 0.3) is 5.57 Å². The molecule has 0 unspecified atom stereocenters. The molecule has 0 aromatic heterocycles. The molecule has 1 aromatic rings. The number of nitrogens with zero attached hydrogens (tertiary/aromatic N) is 1. The van der Waals surface area contributed by atoms with Crippen LogP contribution in [-0.2, 0) is 4.79 Å². The van der Waals surface area contributed by atoms with Gasteiger partial charge < -0.3 is 14.6 Å². The topological polar surface area (TPSA) is 59.0 Å². The average Bonchev–Trinajstić information content (AvgIpc) is 2.52. The van der Waals surface area contributed by atoms with E-state index in [-0.39, 0.29) is 6.42 Å². The summed E-state index contributed by atoms with van der Waals surface area (Å²) in [4.78, 5) is 12.7. The molecular weight excluding hydrogens is 270 g/mol. The molecule has 2 rings (SSSR count). The van der Waals surface area contributed by atoms with Crippen LogP contribution in [0.4, 0.5) is 0 Å². The first kappa shape index (κ1) is 15.4. The van der Waals surface area contributed by atoms with Gasteiger partial charge in [0.2, 0.25) is 0 Å². The number of carboxylic acids is 1. The van der Waals surface area contributed by atoms with E-state index >= 15 is 0 Å². The van der Waals surface area contributed by atoms with Gasteiger partial charge >= 0.3 is 5.97 Å². The average molecular weight is 291 g/mol. The Kier molecular flexibility index (Phi) is 5.22. The van der Waals surface area contributed by atoms with Crippen molar-refractivity contribution in [2.24, 2.45) is 0 Å². The van der Waals surface area contributed by atoms with Gasteiger partial charge in [0.15, 0.2) is 11.5 Å². The summed E-state index contributed by atoms with van der Waals surface area (Å²) in [6.45, 7) is 2.27. The van der Waals surface area contributed by atoms with Gasteiger partial charge in [0.1, 0.15) is 0 Å². The van der Waals surface area contributed by atoms with Crippen molar-refractivity contribution in [2.75, 3.05) is 33.9 Å². The normalized spacial score (nSPS) is 15.4. The Hall–Kier alpha value is -2.01. The lowest BCUT2D eigenvalue weighted by Crippen LogP contribution is -2.30. The van der Waals surface area contributed by atoms with Gasteiger partial charge in [-0.1, -0.05) is 12.1 Å². The zero-order valence-electron chi connectivity index (χ0n) is 12.5. The van der Waals surface area contributed by atoms with Crippen molar-refractivity contribution in [3.8, 4) is 11.5 Å². The van der Waals surface area contributed by atoms with Crippen LogP contribution in [0, 0.1) is 0 Å². The quantitative estimate of drug-likeness (QED) is 0.871. The summed E-state index contributed by atoms with van der Waals surface area (Å²) in [6.07, 6.45) is 3.27. The number of ether oxygens (including phenoxy) is 2. The van der Waals surface area contributed by atoms with Crippen molar-refractivity contribution in [2.45, 2.75) is 12.8 Å². The maximum absolute atomic E-state index is 10.6. The molecule has 0 amide bonds. The Labute approximate surface area is 124 Å². The highest BCUT2D eigenvalue weighted by Gasteiger charge is 2.15.